The second-order valence-electron chi connectivity index (χ2n) is 6.91. The Bertz CT molecular complexity index is 1310. The molecule has 5 N–H and O–H groups in total. The topological polar surface area (TPSA) is 126 Å². The van der Waals surface area contributed by atoms with Gasteiger partial charge in [0.15, 0.2) is 23.2 Å². The summed E-state index contributed by atoms with van der Waals surface area (Å²) in [5, 5.41) is 11.1. The predicted molar refractivity (Wildman–Crippen MR) is 118 cm³/mol. The molecule has 0 saturated heterocycles. The van der Waals surface area contributed by atoms with Gasteiger partial charge in [0.1, 0.15) is 17.3 Å². The monoisotopic (exact) mass is 492 g/mol. The van der Waals surface area contributed by atoms with Gasteiger partial charge in [0.2, 0.25) is 0 Å². The zero-order valence-corrected chi connectivity index (χ0v) is 17.9. The Kier molecular flexibility index (Phi) is 7.28. The number of amides is 1. The fourth-order valence-electron chi connectivity index (χ4n) is 2.76. The first kappa shape index (κ1) is 25.1. The van der Waals surface area contributed by atoms with Gasteiger partial charge in [-0.05, 0) is 37.3 Å². The van der Waals surface area contributed by atoms with Crippen molar-refractivity contribution in [2.24, 2.45) is 0 Å². The lowest BCUT2D eigenvalue weighted by Gasteiger charge is -2.17. The summed E-state index contributed by atoms with van der Waals surface area (Å²) in [5.74, 6) is -4.09. The van der Waals surface area contributed by atoms with Crippen molar-refractivity contribution in [3.63, 3.8) is 0 Å². The number of nitrogens with two attached hydrogens (primary N) is 1. The van der Waals surface area contributed by atoms with E-state index in [9.17, 15) is 26.7 Å². The molecule has 2 aromatic heterocycles. The van der Waals surface area contributed by atoms with Crippen molar-refractivity contribution in [2.45, 2.75) is 13.1 Å². The van der Waals surface area contributed by atoms with Crippen LogP contribution in [-0.2, 0) is 4.79 Å². The minimum absolute atomic E-state index is 0.135. The molecule has 2 heterocycles. The molecule has 0 aliphatic heterocycles. The lowest BCUT2D eigenvalue weighted by atomic mass is 10.1. The molecule has 3 aromatic rings. The lowest BCUT2D eigenvalue weighted by molar-refractivity contribution is -0.114. The summed E-state index contributed by atoms with van der Waals surface area (Å²) >= 11 is 0. The van der Waals surface area contributed by atoms with Crippen LogP contribution in [0.3, 0.4) is 0 Å². The Hall–Kier alpha value is -4.55. The van der Waals surface area contributed by atoms with Gasteiger partial charge in [-0.15, -0.1) is 0 Å². The first-order valence-electron chi connectivity index (χ1n) is 9.70. The van der Waals surface area contributed by atoms with Gasteiger partial charge >= 0.3 is 6.18 Å². The number of ether oxygens (including phenoxy) is 1. The number of pyridine rings is 2. The van der Waals surface area contributed by atoms with Crippen LogP contribution in [0, 0.1) is 24.0 Å². The average molecular weight is 492 g/mol. The number of anilines is 3. The van der Waals surface area contributed by atoms with Gasteiger partial charge in [-0.1, -0.05) is 0 Å². The molecular weight excluding hydrogens is 475 g/mol. The normalized spacial score (nSPS) is 11.9. The minimum atomic E-state index is -5.18. The van der Waals surface area contributed by atoms with Crippen molar-refractivity contribution in [3.05, 3.63) is 77.3 Å². The fraction of sp³-hybridized carbons (Fsp3) is 0.0909. The van der Waals surface area contributed by atoms with Crippen LogP contribution in [0.5, 0.6) is 11.5 Å². The van der Waals surface area contributed by atoms with E-state index in [1.54, 1.807) is 12.2 Å². The Morgan fingerprint density at radius 2 is 1.80 bits per heavy atom. The number of rotatable bonds is 7. The van der Waals surface area contributed by atoms with Crippen LogP contribution in [-0.4, -0.2) is 28.3 Å². The Labute approximate surface area is 195 Å². The second-order valence-corrected chi connectivity index (χ2v) is 6.91. The molecule has 0 aliphatic carbocycles. The summed E-state index contributed by atoms with van der Waals surface area (Å²) in [6, 6.07) is 6.61. The smallest absolute Gasteiger partial charge is 0.432 e. The molecule has 0 radical (unpaired) electrons. The van der Waals surface area contributed by atoms with E-state index in [1.165, 1.54) is 18.3 Å². The largest absolute Gasteiger partial charge is 0.454 e. The third-order valence-electron chi connectivity index (χ3n) is 4.55. The molecule has 182 valence electrons. The summed E-state index contributed by atoms with van der Waals surface area (Å²) in [7, 11) is 0. The van der Waals surface area contributed by atoms with Crippen LogP contribution in [0.25, 0.3) is 0 Å². The maximum Gasteiger partial charge on any atom is 0.432 e. The van der Waals surface area contributed by atoms with Crippen LogP contribution >= 0.6 is 0 Å². The number of nitrogen functional groups attached to an aromatic ring is 1. The molecule has 13 heteroatoms. The van der Waals surface area contributed by atoms with Crippen molar-refractivity contribution in [1.29, 1.82) is 5.41 Å². The van der Waals surface area contributed by atoms with E-state index < -0.39 is 40.8 Å². The first-order chi connectivity index (χ1) is 16.5. The Morgan fingerprint density at radius 1 is 1.06 bits per heavy atom. The van der Waals surface area contributed by atoms with Crippen molar-refractivity contribution in [1.82, 2.24) is 9.97 Å². The maximum absolute atomic E-state index is 14.6. The van der Waals surface area contributed by atoms with Gasteiger partial charge in [-0.3, -0.25) is 4.79 Å². The number of benzene rings is 1. The molecule has 1 aromatic carbocycles. The zero-order chi connectivity index (χ0) is 25.8. The van der Waals surface area contributed by atoms with Crippen molar-refractivity contribution >= 4 is 29.4 Å². The SMILES string of the molecule is Cc1c(Oc2ccc(NC(=O)/C(C=N)=C(/Nc3ncccc3F)C(F)(F)F)cc2F)ccnc1N. The number of halogens is 5. The summed E-state index contributed by atoms with van der Waals surface area (Å²) in [5.41, 5.74) is 3.00. The van der Waals surface area contributed by atoms with E-state index >= 15 is 0 Å². The quantitative estimate of drug-likeness (QED) is 0.210. The highest BCUT2D eigenvalue weighted by atomic mass is 19.4. The molecule has 0 bridgehead atoms. The number of carbonyl (C=O) groups excluding carboxylic acids is 1. The average Bonchev–Trinajstić information content (AvgIpc) is 2.79. The van der Waals surface area contributed by atoms with Gasteiger partial charge in [0, 0.05) is 35.9 Å². The van der Waals surface area contributed by atoms with Gasteiger partial charge in [-0.2, -0.15) is 13.2 Å². The standard InChI is InChI=1S/C22H17F5N6O2/c1-11-16(6-8-30-19(11)29)35-17-5-4-12(9-15(17)24)32-21(34)13(10-28)18(22(25,26)27)33-20-14(23)3-2-7-31-20/h2-10,28H,1H3,(H2,29,30)(H,31,33)(H,32,34)/b18-13+,28-10?. The molecule has 0 saturated carbocycles. The summed E-state index contributed by atoms with van der Waals surface area (Å²) in [6.45, 7) is 1.61. The molecule has 3 rings (SSSR count). The number of aromatic nitrogens is 2. The van der Waals surface area contributed by atoms with Crippen LogP contribution in [0.1, 0.15) is 5.56 Å². The van der Waals surface area contributed by atoms with Crippen LogP contribution < -0.4 is 21.1 Å². The molecule has 1 amide bonds. The van der Waals surface area contributed by atoms with Crippen molar-refractivity contribution < 1.29 is 31.5 Å². The van der Waals surface area contributed by atoms with E-state index in [-0.39, 0.29) is 29.2 Å². The Balaban J connectivity index is 1.87. The molecule has 0 aliphatic rings. The van der Waals surface area contributed by atoms with Crippen molar-refractivity contribution in [2.75, 3.05) is 16.4 Å². The zero-order valence-electron chi connectivity index (χ0n) is 17.9. The summed E-state index contributed by atoms with van der Waals surface area (Å²) in [4.78, 5) is 19.8. The molecule has 0 atom stereocenters. The molecular formula is C22H17F5N6O2. The molecule has 0 unspecified atom stereocenters. The highest BCUT2D eigenvalue weighted by Crippen LogP contribution is 2.32. The van der Waals surface area contributed by atoms with E-state index in [1.807, 2.05) is 0 Å². The van der Waals surface area contributed by atoms with E-state index in [0.29, 0.717) is 5.56 Å². The maximum atomic E-state index is 14.6. The molecule has 8 nitrogen and oxygen atoms in total. The number of carbonyl (C=O) groups is 1. The van der Waals surface area contributed by atoms with Gasteiger partial charge < -0.3 is 26.5 Å². The predicted octanol–water partition coefficient (Wildman–Crippen LogP) is 4.95. The number of hydrogen-bond donors (Lipinski definition) is 4. The number of hydrogen-bond acceptors (Lipinski definition) is 7. The van der Waals surface area contributed by atoms with Gasteiger partial charge in [-0.25, -0.2) is 18.7 Å². The third-order valence-corrected chi connectivity index (χ3v) is 4.55. The summed E-state index contributed by atoms with van der Waals surface area (Å²) in [6.07, 6.45) is -2.64. The second kappa shape index (κ2) is 10.2. The third kappa shape index (κ3) is 5.88. The van der Waals surface area contributed by atoms with E-state index in [2.05, 4.69) is 15.3 Å². The molecule has 35 heavy (non-hydrogen) atoms. The first-order valence-corrected chi connectivity index (χ1v) is 9.70. The number of nitrogens with one attached hydrogen (secondary N) is 3. The van der Waals surface area contributed by atoms with Crippen LogP contribution in [0.4, 0.5) is 39.3 Å². The number of nitrogens with zero attached hydrogens (tertiary/aromatic N) is 2. The summed E-state index contributed by atoms with van der Waals surface area (Å²) < 4.78 is 74.7. The van der Waals surface area contributed by atoms with Crippen LogP contribution in [0.15, 0.2) is 60.1 Å². The number of alkyl halides is 3. The number of allylic oxidation sites excluding steroid dienone is 1. The molecule has 0 fully saturated rings. The van der Waals surface area contributed by atoms with E-state index in [0.717, 1.165) is 30.5 Å². The minimum Gasteiger partial charge on any atom is -0.454 e. The highest BCUT2D eigenvalue weighted by molar-refractivity contribution is 6.18. The van der Waals surface area contributed by atoms with Gasteiger partial charge in [0.05, 0.1) is 5.57 Å². The lowest BCUT2D eigenvalue weighted by Crippen LogP contribution is -2.28. The molecule has 0 spiro atoms. The van der Waals surface area contributed by atoms with Gasteiger partial charge in [0.25, 0.3) is 5.91 Å². The fourth-order valence-corrected chi connectivity index (χ4v) is 2.76. The Morgan fingerprint density at radius 3 is 2.43 bits per heavy atom. The highest BCUT2D eigenvalue weighted by Gasteiger charge is 2.39. The van der Waals surface area contributed by atoms with Crippen molar-refractivity contribution in [3.8, 4) is 11.5 Å². The van der Waals surface area contributed by atoms with E-state index in [4.69, 9.17) is 15.9 Å². The van der Waals surface area contributed by atoms with Crippen LogP contribution in [0.2, 0.25) is 0 Å².